The van der Waals surface area contributed by atoms with Crippen molar-refractivity contribution in [3.05, 3.63) is 166 Å². The fourth-order valence-corrected chi connectivity index (χ4v) is 10.4. The first-order valence-corrected chi connectivity index (χ1v) is 18.4. The molecule has 236 valence electrons. The van der Waals surface area contributed by atoms with Crippen LogP contribution >= 0.6 is 0 Å². The Morgan fingerprint density at radius 1 is 0.667 bits per heavy atom. The highest BCUT2D eigenvalue weighted by Gasteiger charge is 2.45. The Hall–Kier alpha value is -4.42. The van der Waals surface area contributed by atoms with Crippen LogP contribution in [0.2, 0.25) is 0 Å². The van der Waals surface area contributed by atoms with E-state index >= 15 is 0 Å². The van der Waals surface area contributed by atoms with Gasteiger partial charge in [0.25, 0.3) is 0 Å². The fourth-order valence-electron chi connectivity index (χ4n) is 10.4. The monoisotopic (exact) mass is 620 g/mol. The molecule has 0 amide bonds. The summed E-state index contributed by atoms with van der Waals surface area (Å²) >= 11 is 0. The average Bonchev–Trinajstić information content (AvgIpc) is 3.12. The summed E-state index contributed by atoms with van der Waals surface area (Å²) in [5.74, 6) is 2.41. The molecule has 0 heterocycles. The van der Waals surface area contributed by atoms with Crippen molar-refractivity contribution in [2.75, 3.05) is 0 Å². The zero-order valence-corrected chi connectivity index (χ0v) is 28.5. The van der Waals surface area contributed by atoms with Crippen molar-refractivity contribution >= 4 is 32.7 Å². The molecule has 0 heteroatoms. The van der Waals surface area contributed by atoms with Crippen LogP contribution in [0.15, 0.2) is 155 Å². The molecule has 0 aromatic heterocycles. The fraction of sp³-hybridized carbons (Fsp3) is 0.292. The highest BCUT2D eigenvalue weighted by Crippen LogP contribution is 2.57. The van der Waals surface area contributed by atoms with Gasteiger partial charge >= 0.3 is 0 Å². The molecule has 5 atom stereocenters. The van der Waals surface area contributed by atoms with Gasteiger partial charge in [0.1, 0.15) is 0 Å². The van der Waals surface area contributed by atoms with E-state index in [-0.39, 0.29) is 5.41 Å². The molecule has 0 bridgehead atoms. The van der Waals surface area contributed by atoms with Crippen LogP contribution in [0.1, 0.15) is 64.0 Å². The highest BCUT2D eigenvalue weighted by atomic mass is 14.5. The van der Waals surface area contributed by atoms with Crippen molar-refractivity contribution in [3.8, 4) is 0 Å². The zero-order chi connectivity index (χ0) is 32.1. The van der Waals surface area contributed by atoms with Gasteiger partial charge in [0, 0.05) is 23.7 Å². The number of benzene rings is 3. The summed E-state index contributed by atoms with van der Waals surface area (Å²) in [5, 5.41) is 5.59. The Kier molecular flexibility index (Phi) is 6.27. The van der Waals surface area contributed by atoms with E-state index < -0.39 is 0 Å². The molecule has 7 aliphatic rings. The zero-order valence-electron chi connectivity index (χ0n) is 28.5. The number of hydrogen-bond acceptors (Lipinski definition) is 0. The molecule has 0 radical (unpaired) electrons. The van der Waals surface area contributed by atoms with Gasteiger partial charge in [0.2, 0.25) is 0 Å². The van der Waals surface area contributed by atoms with Gasteiger partial charge in [-0.2, -0.15) is 0 Å². The van der Waals surface area contributed by atoms with Gasteiger partial charge in [-0.1, -0.05) is 142 Å². The smallest absolute Gasteiger partial charge is 0.0102 e. The molecule has 0 nitrogen and oxygen atoms in total. The van der Waals surface area contributed by atoms with E-state index in [0.717, 1.165) is 6.42 Å². The van der Waals surface area contributed by atoms with Crippen molar-refractivity contribution in [2.24, 2.45) is 35.0 Å². The summed E-state index contributed by atoms with van der Waals surface area (Å²) in [6.45, 7) is 7.04. The topological polar surface area (TPSA) is 0 Å². The second kappa shape index (κ2) is 10.5. The Labute approximate surface area is 285 Å². The Morgan fingerprint density at radius 2 is 1.38 bits per heavy atom. The van der Waals surface area contributed by atoms with E-state index in [1.807, 2.05) is 0 Å². The molecule has 0 fully saturated rings. The number of fused-ring (bicyclic) bond motifs is 4. The lowest BCUT2D eigenvalue weighted by atomic mass is 9.56. The lowest BCUT2D eigenvalue weighted by Crippen LogP contribution is -2.38. The van der Waals surface area contributed by atoms with Gasteiger partial charge in [0.05, 0.1) is 0 Å². The highest BCUT2D eigenvalue weighted by molar-refractivity contribution is 6.16. The molecular weight excluding hydrogens is 577 g/mol. The van der Waals surface area contributed by atoms with E-state index in [4.69, 9.17) is 0 Å². The molecule has 48 heavy (non-hydrogen) atoms. The third-order valence-corrected chi connectivity index (χ3v) is 12.6. The van der Waals surface area contributed by atoms with Gasteiger partial charge in [-0.15, -0.1) is 0 Å². The maximum absolute atomic E-state index is 2.57. The molecule has 0 N–H and O–H groups in total. The van der Waals surface area contributed by atoms with Gasteiger partial charge in [-0.25, -0.2) is 0 Å². The minimum absolute atomic E-state index is 0.152. The summed E-state index contributed by atoms with van der Waals surface area (Å²) in [5.41, 5.74) is 15.4. The van der Waals surface area contributed by atoms with Crippen LogP contribution in [-0.2, 0) is 0 Å². The Morgan fingerprint density at radius 3 is 2.12 bits per heavy atom. The van der Waals surface area contributed by atoms with Crippen molar-refractivity contribution in [1.82, 2.24) is 0 Å². The van der Waals surface area contributed by atoms with Gasteiger partial charge in [-0.3, -0.25) is 0 Å². The molecule has 10 rings (SSSR count). The van der Waals surface area contributed by atoms with Crippen molar-refractivity contribution in [3.63, 3.8) is 0 Å². The molecule has 3 aromatic carbocycles. The SMILES string of the molecule is CC(C)(C)C1=CC2C=CC3=CC=C(c4c5ccccc5c(C5=CC=C6C7=C(C=CCC7)CCC6C5)c5ccccc45)C4C=CC(=C1)C2C34. The maximum Gasteiger partial charge on any atom is 0.0102 e. The summed E-state index contributed by atoms with van der Waals surface area (Å²) in [7, 11) is 0. The quantitative estimate of drug-likeness (QED) is 0.250. The van der Waals surface area contributed by atoms with Crippen LogP contribution in [0.3, 0.4) is 0 Å². The van der Waals surface area contributed by atoms with Crippen LogP contribution in [0.4, 0.5) is 0 Å². The number of allylic oxidation sites excluding steroid dienone is 20. The van der Waals surface area contributed by atoms with Crippen molar-refractivity contribution in [2.45, 2.75) is 52.9 Å². The van der Waals surface area contributed by atoms with E-state index in [1.165, 1.54) is 86.2 Å². The van der Waals surface area contributed by atoms with E-state index in [2.05, 4.69) is 142 Å². The average molecular weight is 621 g/mol. The molecule has 0 spiro atoms. The van der Waals surface area contributed by atoms with Crippen LogP contribution in [0.5, 0.6) is 0 Å². The normalized spacial score (nSPS) is 28.5. The van der Waals surface area contributed by atoms with Crippen LogP contribution in [0, 0.1) is 35.0 Å². The lowest BCUT2D eigenvalue weighted by molar-refractivity contribution is 0.323. The first kappa shape index (κ1) is 28.6. The molecule has 7 aliphatic carbocycles. The van der Waals surface area contributed by atoms with Crippen LogP contribution < -0.4 is 0 Å². The van der Waals surface area contributed by atoms with Gasteiger partial charge < -0.3 is 0 Å². The summed E-state index contributed by atoms with van der Waals surface area (Å²) in [6, 6.07) is 18.6. The standard InChI is InChI=1S/C48H44/c1-48(2,3)35-27-33-19-17-30-20-24-43(42-25-22-34(28-35)44(33)46(30)42)47-40-14-8-6-12-38(40)45(39-13-7-9-15-41(39)47)32-21-23-37-31(26-32)18-16-29-10-4-5-11-36(29)37/h4,6-10,12-15,17,19-25,27-28,31,33,42,44,46H,5,11,16,18,26H2,1-3H3. The molecule has 3 aromatic rings. The Bertz CT molecular complexity index is 2190. The van der Waals surface area contributed by atoms with Gasteiger partial charge in [0.15, 0.2) is 0 Å². The Balaban J connectivity index is 1.14. The van der Waals surface area contributed by atoms with E-state index in [1.54, 1.807) is 16.7 Å². The van der Waals surface area contributed by atoms with Crippen LogP contribution in [0.25, 0.3) is 32.7 Å². The number of rotatable bonds is 2. The predicted molar refractivity (Wildman–Crippen MR) is 204 cm³/mol. The largest absolute Gasteiger partial charge is 0.0839 e. The summed E-state index contributed by atoms with van der Waals surface area (Å²) in [4.78, 5) is 0. The van der Waals surface area contributed by atoms with Crippen molar-refractivity contribution < 1.29 is 0 Å². The number of hydrogen-bond donors (Lipinski definition) is 0. The minimum Gasteiger partial charge on any atom is -0.0839 e. The summed E-state index contributed by atoms with van der Waals surface area (Å²) in [6.07, 6.45) is 35.7. The van der Waals surface area contributed by atoms with Crippen LogP contribution in [-0.4, -0.2) is 0 Å². The molecule has 5 unspecified atom stereocenters. The van der Waals surface area contributed by atoms with E-state index in [9.17, 15) is 0 Å². The lowest BCUT2D eigenvalue weighted by Gasteiger charge is -2.47. The van der Waals surface area contributed by atoms with Gasteiger partial charge in [-0.05, 0) is 121 Å². The third-order valence-electron chi connectivity index (χ3n) is 12.6. The molecule has 0 aliphatic heterocycles. The molecule has 0 saturated carbocycles. The van der Waals surface area contributed by atoms with E-state index in [0.29, 0.717) is 29.6 Å². The summed E-state index contributed by atoms with van der Waals surface area (Å²) < 4.78 is 0. The minimum atomic E-state index is 0.152. The second-order valence-electron chi connectivity index (χ2n) is 16.2. The first-order chi connectivity index (χ1) is 23.4. The second-order valence-corrected chi connectivity index (χ2v) is 16.2. The maximum atomic E-state index is 2.57. The predicted octanol–water partition coefficient (Wildman–Crippen LogP) is 12.6. The molecular formula is C48H44. The molecule has 0 saturated heterocycles. The third kappa shape index (κ3) is 4.21. The first-order valence-electron chi connectivity index (χ1n) is 18.4. The van der Waals surface area contributed by atoms with Crippen molar-refractivity contribution in [1.29, 1.82) is 0 Å².